The molecule has 4 rings (SSSR count). The van der Waals surface area contributed by atoms with E-state index in [0.29, 0.717) is 17.2 Å². The zero-order valence-electron chi connectivity index (χ0n) is 20.6. The van der Waals surface area contributed by atoms with E-state index in [1.807, 2.05) is 4.90 Å². The summed E-state index contributed by atoms with van der Waals surface area (Å²) in [6, 6.07) is 0. The second-order valence-corrected chi connectivity index (χ2v) is 8.35. The summed E-state index contributed by atoms with van der Waals surface area (Å²) in [5, 5.41) is 0. The van der Waals surface area contributed by atoms with E-state index in [1.165, 1.54) is 39.0 Å². The normalized spacial score (nSPS) is 15.7. The summed E-state index contributed by atoms with van der Waals surface area (Å²) < 4.78 is 23.1. The zero-order valence-corrected chi connectivity index (χ0v) is 20.6. The molecular weight excluding hydrogens is 455 g/mol. The highest BCUT2D eigenvalue weighted by Gasteiger charge is 2.20. The van der Waals surface area contributed by atoms with Gasteiger partial charge in [0.2, 0.25) is 17.8 Å². The molecule has 190 valence electrons. The van der Waals surface area contributed by atoms with Crippen molar-refractivity contribution >= 4 is 23.8 Å². The molecule has 4 heterocycles. The quantitative estimate of drug-likeness (QED) is 0.459. The summed E-state index contributed by atoms with van der Waals surface area (Å²) in [6.45, 7) is 7.33. The lowest BCUT2D eigenvalue weighted by Crippen LogP contribution is -2.31. The standard InChI is InChI=1S/C12H16FN3O2.C12H17N3O2/c1-2-18-11(17)9-8-14-12(15-10(9)13)16-6-4-3-5-7-16;1-9-10(11(16)17-2)8-13-12(14-9)15-6-4-3-5-7-15/h8H,2-7H2,1H3;8H,3-7H2,1-2H3. The Labute approximate surface area is 204 Å². The number of hydrogen-bond acceptors (Lipinski definition) is 10. The number of hydrogen-bond donors (Lipinski definition) is 0. The van der Waals surface area contributed by atoms with Crippen LogP contribution >= 0.6 is 0 Å². The second-order valence-electron chi connectivity index (χ2n) is 8.35. The van der Waals surface area contributed by atoms with Gasteiger partial charge in [0.25, 0.3) is 0 Å². The van der Waals surface area contributed by atoms with E-state index >= 15 is 0 Å². The van der Waals surface area contributed by atoms with Crippen LogP contribution in [-0.2, 0) is 9.47 Å². The number of rotatable bonds is 5. The number of carbonyl (C=O) groups excluding carboxylic acids is 2. The fraction of sp³-hybridized carbons (Fsp3) is 0.583. The van der Waals surface area contributed by atoms with E-state index in [1.54, 1.807) is 20.0 Å². The van der Waals surface area contributed by atoms with Crippen LogP contribution < -0.4 is 9.80 Å². The number of piperidine rings is 2. The Balaban J connectivity index is 0.000000196. The number of ether oxygens (including phenoxy) is 2. The third kappa shape index (κ3) is 7.06. The van der Waals surface area contributed by atoms with Crippen molar-refractivity contribution in [3.8, 4) is 0 Å². The number of carbonyl (C=O) groups is 2. The smallest absolute Gasteiger partial charge is 0.344 e. The first-order chi connectivity index (χ1) is 16.9. The number of aryl methyl sites for hydroxylation is 1. The van der Waals surface area contributed by atoms with Gasteiger partial charge in [-0.15, -0.1) is 0 Å². The number of methoxy groups -OCH3 is 1. The molecule has 0 N–H and O–H groups in total. The average Bonchev–Trinajstić information content (AvgIpc) is 2.89. The lowest BCUT2D eigenvalue weighted by molar-refractivity contribution is 0.0518. The third-order valence-corrected chi connectivity index (χ3v) is 5.87. The molecule has 0 saturated carbocycles. The van der Waals surface area contributed by atoms with Gasteiger partial charge >= 0.3 is 11.9 Å². The zero-order chi connectivity index (χ0) is 25.2. The maximum absolute atomic E-state index is 13.7. The lowest BCUT2D eigenvalue weighted by Gasteiger charge is -2.26. The maximum atomic E-state index is 13.7. The Morgan fingerprint density at radius 2 is 1.37 bits per heavy atom. The van der Waals surface area contributed by atoms with Crippen LogP contribution in [0.4, 0.5) is 16.3 Å². The van der Waals surface area contributed by atoms with Crippen molar-refractivity contribution in [1.82, 2.24) is 19.9 Å². The molecule has 0 aromatic carbocycles. The van der Waals surface area contributed by atoms with Gasteiger partial charge in [0, 0.05) is 32.4 Å². The number of anilines is 2. The van der Waals surface area contributed by atoms with E-state index < -0.39 is 11.9 Å². The number of esters is 2. The molecule has 0 aliphatic carbocycles. The summed E-state index contributed by atoms with van der Waals surface area (Å²) in [5.41, 5.74) is 0.901. The van der Waals surface area contributed by atoms with Gasteiger partial charge in [-0.3, -0.25) is 0 Å². The molecule has 0 atom stereocenters. The van der Waals surface area contributed by atoms with Gasteiger partial charge in [0.15, 0.2) is 0 Å². The molecule has 0 radical (unpaired) electrons. The fourth-order valence-corrected chi connectivity index (χ4v) is 3.96. The van der Waals surface area contributed by atoms with Gasteiger partial charge in [0.1, 0.15) is 5.56 Å². The Morgan fingerprint density at radius 3 is 1.83 bits per heavy atom. The molecule has 0 amide bonds. The SMILES string of the molecule is CCOC(=O)c1cnc(N2CCCCC2)nc1F.COC(=O)c1cnc(N2CCCCC2)nc1C. The predicted octanol–water partition coefficient (Wildman–Crippen LogP) is 3.34. The number of aromatic nitrogens is 4. The Bertz CT molecular complexity index is 1010. The fourth-order valence-electron chi connectivity index (χ4n) is 3.96. The van der Waals surface area contributed by atoms with Crippen molar-refractivity contribution in [2.75, 3.05) is 49.7 Å². The number of nitrogens with zero attached hydrogens (tertiary/aromatic N) is 6. The number of halogens is 1. The Hall–Kier alpha value is -3.37. The van der Waals surface area contributed by atoms with Crippen molar-refractivity contribution in [2.24, 2.45) is 0 Å². The van der Waals surface area contributed by atoms with E-state index in [2.05, 4.69) is 29.6 Å². The monoisotopic (exact) mass is 488 g/mol. The van der Waals surface area contributed by atoms with Gasteiger partial charge < -0.3 is 19.3 Å². The largest absolute Gasteiger partial charge is 0.465 e. The van der Waals surface area contributed by atoms with Crippen LogP contribution in [0.1, 0.15) is 71.9 Å². The minimum atomic E-state index is -0.816. The highest BCUT2D eigenvalue weighted by atomic mass is 19.1. The molecule has 0 spiro atoms. The van der Waals surface area contributed by atoms with E-state index in [-0.39, 0.29) is 18.1 Å². The van der Waals surface area contributed by atoms with Gasteiger partial charge in [-0.2, -0.15) is 9.37 Å². The molecule has 2 aromatic heterocycles. The molecule has 2 aliphatic heterocycles. The Kier molecular flexibility index (Phi) is 9.68. The molecule has 35 heavy (non-hydrogen) atoms. The Morgan fingerprint density at radius 1 is 0.857 bits per heavy atom. The summed E-state index contributed by atoms with van der Waals surface area (Å²) in [7, 11) is 1.36. The van der Waals surface area contributed by atoms with E-state index in [4.69, 9.17) is 4.74 Å². The summed E-state index contributed by atoms with van der Waals surface area (Å²) in [6.07, 6.45) is 9.69. The van der Waals surface area contributed by atoms with E-state index in [9.17, 15) is 14.0 Å². The van der Waals surface area contributed by atoms with Gasteiger partial charge in [-0.1, -0.05) is 0 Å². The first-order valence-corrected chi connectivity index (χ1v) is 12.1. The molecule has 2 aliphatic rings. The van der Waals surface area contributed by atoms with Crippen molar-refractivity contribution in [3.05, 3.63) is 35.2 Å². The van der Waals surface area contributed by atoms with Crippen LogP contribution in [0.5, 0.6) is 0 Å². The van der Waals surface area contributed by atoms with Crippen LogP contribution in [0, 0.1) is 12.9 Å². The molecule has 0 bridgehead atoms. The minimum absolute atomic E-state index is 0.201. The molecule has 2 aromatic rings. The summed E-state index contributed by atoms with van der Waals surface area (Å²) in [4.78, 5) is 43.3. The third-order valence-electron chi connectivity index (χ3n) is 5.87. The van der Waals surface area contributed by atoms with Crippen molar-refractivity contribution in [1.29, 1.82) is 0 Å². The van der Waals surface area contributed by atoms with Crippen LogP contribution in [0.25, 0.3) is 0 Å². The molecule has 2 saturated heterocycles. The lowest BCUT2D eigenvalue weighted by atomic mass is 10.1. The van der Waals surface area contributed by atoms with Crippen LogP contribution in [0.3, 0.4) is 0 Å². The van der Waals surface area contributed by atoms with Crippen LogP contribution in [-0.4, -0.2) is 71.8 Å². The predicted molar refractivity (Wildman–Crippen MR) is 128 cm³/mol. The van der Waals surface area contributed by atoms with Crippen LogP contribution in [0.2, 0.25) is 0 Å². The summed E-state index contributed by atoms with van der Waals surface area (Å²) >= 11 is 0. The molecular formula is C24H33FN6O4. The van der Waals surface area contributed by atoms with E-state index in [0.717, 1.165) is 45.0 Å². The van der Waals surface area contributed by atoms with Crippen molar-refractivity contribution in [3.63, 3.8) is 0 Å². The molecule has 11 heteroatoms. The van der Waals surface area contributed by atoms with Gasteiger partial charge in [-0.05, 0) is 52.4 Å². The minimum Gasteiger partial charge on any atom is -0.465 e. The first kappa shape index (κ1) is 26.2. The van der Waals surface area contributed by atoms with Crippen LogP contribution in [0.15, 0.2) is 12.4 Å². The maximum Gasteiger partial charge on any atom is 0.344 e. The molecule has 2 fully saturated rings. The van der Waals surface area contributed by atoms with Crippen molar-refractivity contribution in [2.45, 2.75) is 52.4 Å². The summed E-state index contributed by atoms with van der Waals surface area (Å²) in [5.74, 6) is -0.855. The average molecular weight is 489 g/mol. The van der Waals surface area contributed by atoms with Crippen molar-refractivity contribution < 1.29 is 23.5 Å². The van der Waals surface area contributed by atoms with Gasteiger partial charge in [0.05, 0.1) is 31.2 Å². The highest BCUT2D eigenvalue weighted by molar-refractivity contribution is 5.90. The highest BCUT2D eigenvalue weighted by Crippen LogP contribution is 2.18. The second kappa shape index (κ2) is 12.9. The molecule has 10 nitrogen and oxygen atoms in total. The topological polar surface area (TPSA) is 111 Å². The molecule has 0 unspecified atom stereocenters. The van der Waals surface area contributed by atoms with Gasteiger partial charge in [-0.25, -0.2) is 24.5 Å². The first-order valence-electron chi connectivity index (χ1n) is 12.1.